The van der Waals surface area contributed by atoms with Gasteiger partial charge >= 0.3 is 0 Å². The van der Waals surface area contributed by atoms with Gasteiger partial charge in [-0.2, -0.15) is 0 Å². The highest BCUT2D eigenvalue weighted by molar-refractivity contribution is 9.10. The molecular formula is C14H13BrN2O2. The van der Waals surface area contributed by atoms with Gasteiger partial charge in [0, 0.05) is 5.39 Å². The highest BCUT2D eigenvalue weighted by Crippen LogP contribution is 2.30. The van der Waals surface area contributed by atoms with E-state index < -0.39 is 0 Å². The van der Waals surface area contributed by atoms with E-state index in [1.165, 1.54) is 0 Å². The molecule has 98 valence electrons. The number of nitrogens with one attached hydrogen (secondary N) is 1. The Hall–Kier alpha value is -1.56. The van der Waals surface area contributed by atoms with Gasteiger partial charge in [0.1, 0.15) is 11.3 Å². The Morgan fingerprint density at radius 2 is 2.21 bits per heavy atom. The fourth-order valence-corrected chi connectivity index (χ4v) is 2.57. The number of nitrogens with two attached hydrogens (primary N) is 1. The number of hydrazine groups is 1. The van der Waals surface area contributed by atoms with Crippen molar-refractivity contribution in [2.45, 2.75) is 12.5 Å². The van der Waals surface area contributed by atoms with Crippen molar-refractivity contribution in [3.05, 3.63) is 58.7 Å². The largest absolute Gasteiger partial charge is 0.472 e. The Labute approximate surface area is 118 Å². The Balaban J connectivity index is 1.95. The van der Waals surface area contributed by atoms with Gasteiger partial charge in [0.15, 0.2) is 0 Å². The number of para-hydroxylation sites is 1. The van der Waals surface area contributed by atoms with Crippen molar-refractivity contribution in [2.24, 2.45) is 5.84 Å². The maximum atomic E-state index is 5.88. The fraction of sp³-hybridized carbons (Fsp3) is 0.143. The summed E-state index contributed by atoms with van der Waals surface area (Å²) in [6.07, 6.45) is 4.07. The second-order valence-electron chi connectivity index (χ2n) is 4.36. The van der Waals surface area contributed by atoms with Crippen molar-refractivity contribution >= 4 is 26.9 Å². The molecule has 0 aliphatic carbocycles. The molecule has 2 heterocycles. The summed E-state index contributed by atoms with van der Waals surface area (Å²) in [4.78, 5) is 0. The van der Waals surface area contributed by atoms with E-state index in [2.05, 4.69) is 21.4 Å². The van der Waals surface area contributed by atoms with Crippen molar-refractivity contribution in [1.29, 1.82) is 0 Å². The summed E-state index contributed by atoms with van der Waals surface area (Å²) >= 11 is 3.48. The summed E-state index contributed by atoms with van der Waals surface area (Å²) in [5, 5.41) is 1.05. The monoisotopic (exact) mass is 320 g/mol. The second-order valence-corrected chi connectivity index (χ2v) is 5.22. The van der Waals surface area contributed by atoms with E-state index in [9.17, 15) is 0 Å². The van der Waals surface area contributed by atoms with Crippen molar-refractivity contribution < 1.29 is 8.83 Å². The SMILES string of the molecule is NNC(Cc1ccoc1)c1cc2cccc(Br)c2o1. The molecule has 0 saturated carbocycles. The molecule has 19 heavy (non-hydrogen) atoms. The number of hydrogen-bond acceptors (Lipinski definition) is 4. The third-order valence-electron chi connectivity index (χ3n) is 3.08. The molecule has 3 N–H and O–H groups in total. The summed E-state index contributed by atoms with van der Waals surface area (Å²) in [6.45, 7) is 0. The van der Waals surface area contributed by atoms with Gasteiger partial charge < -0.3 is 8.83 Å². The topological polar surface area (TPSA) is 64.3 Å². The van der Waals surface area contributed by atoms with E-state index in [1.807, 2.05) is 30.3 Å². The van der Waals surface area contributed by atoms with E-state index in [0.717, 1.165) is 26.8 Å². The summed E-state index contributed by atoms with van der Waals surface area (Å²) in [6, 6.07) is 9.78. The average Bonchev–Trinajstić information content (AvgIpc) is 3.05. The zero-order chi connectivity index (χ0) is 13.2. The van der Waals surface area contributed by atoms with Crippen molar-refractivity contribution in [3.8, 4) is 0 Å². The van der Waals surface area contributed by atoms with Crippen LogP contribution >= 0.6 is 15.9 Å². The van der Waals surface area contributed by atoms with Gasteiger partial charge in [-0.25, -0.2) is 5.43 Å². The summed E-state index contributed by atoms with van der Waals surface area (Å²) < 4.78 is 11.9. The molecule has 0 aliphatic rings. The van der Waals surface area contributed by atoms with Crippen molar-refractivity contribution in [3.63, 3.8) is 0 Å². The van der Waals surface area contributed by atoms with Gasteiger partial charge in [-0.3, -0.25) is 5.84 Å². The average molecular weight is 321 g/mol. The van der Waals surface area contributed by atoms with E-state index in [4.69, 9.17) is 14.7 Å². The van der Waals surface area contributed by atoms with Crippen LogP contribution in [0.3, 0.4) is 0 Å². The number of benzene rings is 1. The summed E-state index contributed by atoms with van der Waals surface area (Å²) in [5.74, 6) is 6.44. The molecule has 0 saturated heterocycles. The van der Waals surface area contributed by atoms with Crippen LogP contribution in [-0.2, 0) is 6.42 Å². The zero-order valence-corrected chi connectivity index (χ0v) is 11.7. The predicted molar refractivity (Wildman–Crippen MR) is 76.4 cm³/mol. The van der Waals surface area contributed by atoms with E-state index in [1.54, 1.807) is 12.5 Å². The number of rotatable bonds is 4. The molecule has 5 heteroatoms. The van der Waals surface area contributed by atoms with Gasteiger partial charge in [-0.1, -0.05) is 12.1 Å². The van der Waals surface area contributed by atoms with Crippen molar-refractivity contribution in [1.82, 2.24) is 5.43 Å². The van der Waals surface area contributed by atoms with Crippen LogP contribution in [0.2, 0.25) is 0 Å². The molecule has 0 radical (unpaired) electrons. The smallest absolute Gasteiger partial charge is 0.148 e. The number of halogens is 1. The molecule has 0 aliphatic heterocycles. The second kappa shape index (κ2) is 5.21. The molecule has 1 aromatic carbocycles. The number of furan rings is 2. The number of hydrogen-bond donors (Lipinski definition) is 2. The van der Waals surface area contributed by atoms with Gasteiger partial charge in [0.05, 0.1) is 23.0 Å². The highest BCUT2D eigenvalue weighted by Gasteiger charge is 2.17. The van der Waals surface area contributed by atoms with Crippen LogP contribution in [0.25, 0.3) is 11.0 Å². The predicted octanol–water partition coefficient (Wildman–Crippen LogP) is 3.54. The van der Waals surface area contributed by atoms with Crippen LogP contribution in [0, 0.1) is 0 Å². The Morgan fingerprint density at radius 1 is 1.32 bits per heavy atom. The van der Waals surface area contributed by atoms with Crippen LogP contribution < -0.4 is 11.3 Å². The molecule has 2 aromatic heterocycles. The first-order valence-electron chi connectivity index (χ1n) is 5.93. The number of fused-ring (bicyclic) bond motifs is 1. The molecule has 3 rings (SSSR count). The third-order valence-corrected chi connectivity index (χ3v) is 3.70. The molecule has 0 amide bonds. The molecule has 1 unspecified atom stereocenters. The van der Waals surface area contributed by atoms with Crippen LogP contribution in [0.15, 0.2) is 56.2 Å². The Morgan fingerprint density at radius 3 is 2.89 bits per heavy atom. The minimum Gasteiger partial charge on any atom is -0.472 e. The lowest BCUT2D eigenvalue weighted by atomic mass is 10.1. The maximum absolute atomic E-state index is 5.88. The molecule has 0 spiro atoms. The lowest BCUT2D eigenvalue weighted by molar-refractivity contribution is 0.432. The quantitative estimate of drug-likeness (QED) is 0.570. The fourth-order valence-electron chi connectivity index (χ4n) is 2.11. The van der Waals surface area contributed by atoms with Gasteiger partial charge in [-0.05, 0) is 46.1 Å². The van der Waals surface area contributed by atoms with Gasteiger partial charge in [0.25, 0.3) is 0 Å². The van der Waals surface area contributed by atoms with E-state index >= 15 is 0 Å². The first-order chi connectivity index (χ1) is 9.28. The lowest BCUT2D eigenvalue weighted by Gasteiger charge is -2.11. The first kappa shape index (κ1) is 12.5. The Kier molecular flexibility index (Phi) is 3.42. The van der Waals surface area contributed by atoms with Crippen LogP contribution in [0.5, 0.6) is 0 Å². The summed E-state index contributed by atoms with van der Waals surface area (Å²) in [7, 11) is 0. The van der Waals surface area contributed by atoms with Gasteiger partial charge in [-0.15, -0.1) is 0 Å². The molecule has 4 nitrogen and oxygen atoms in total. The Bertz CT molecular complexity index is 676. The molecule has 0 bridgehead atoms. The summed E-state index contributed by atoms with van der Waals surface area (Å²) in [5.41, 5.74) is 4.70. The minimum absolute atomic E-state index is 0.0862. The normalized spacial score (nSPS) is 12.9. The molecule has 1 atom stereocenters. The van der Waals surface area contributed by atoms with E-state index in [0.29, 0.717) is 6.42 Å². The minimum atomic E-state index is -0.0862. The van der Waals surface area contributed by atoms with Crippen molar-refractivity contribution in [2.75, 3.05) is 0 Å². The van der Waals surface area contributed by atoms with Gasteiger partial charge in [0.2, 0.25) is 0 Å². The molecule has 0 fully saturated rings. The van der Waals surface area contributed by atoms with Crippen LogP contribution in [0.1, 0.15) is 17.4 Å². The van der Waals surface area contributed by atoms with Crippen LogP contribution in [0.4, 0.5) is 0 Å². The molecule has 3 aromatic rings. The first-order valence-corrected chi connectivity index (χ1v) is 6.72. The highest BCUT2D eigenvalue weighted by atomic mass is 79.9. The third kappa shape index (κ3) is 2.45. The lowest BCUT2D eigenvalue weighted by Crippen LogP contribution is -2.29. The zero-order valence-electron chi connectivity index (χ0n) is 10.1. The standard InChI is InChI=1S/C14H13BrN2O2/c15-11-3-1-2-10-7-13(19-14(10)11)12(17-16)6-9-4-5-18-8-9/h1-5,7-8,12,17H,6,16H2. The van der Waals surface area contributed by atoms with E-state index in [-0.39, 0.29) is 6.04 Å². The maximum Gasteiger partial charge on any atom is 0.148 e. The van der Waals surface area contributed by atoms with Crippen LogP contribution in [-0.4, -0.2) is 0 Å². The molecular weight excluding hydrogens is 308 g/mol.